The molecule has 3 rings (SSSR count). The van der Waals surface area contributed by atoms with Gasteiger partial charge in [-0.25, -0.2) is 4.98 Å². The minimum Gasteiger partial charge on any atom is -0.376 e. The van der Waals surface area contributed by atoms with E-state index in [1.54, 1.807) is 16.7 Å². The molecule has 0 aliphatic heterocycles. The van der Waals surface area contributed by atoms with Gasteiger partial charge in [0.25, 0.3) is 11.8 Å². The predicted molar refractivity (Wildman–Crippen MR) is 105 cm³/mol. The summed E-state index contributed by atoms with van der Waals surface area (Å²) in [6, 6.07) is 7.89. The van der Waals surface area contributed by atoms with Gasteiger partial charge in [0.1, 0.15) is 10.7 Å². The van der Waals surface area contributed by atoms with Gasteiger partial charge in [-0.1, -0.05) is 17.7 Å². The molecular weight excluding hydrogens is 368 g/mol. The van der Waals surface area contributed by atoms with Gasteiger partial charge in [-0.15, -0.1) is 11.3 Å². The van der Waals surface area contributed by atoms with Gasteiger partial charge in [0.05, 0.1) is 6.54 Å². The highest BCUT2D eigenvalue weighted by Gasteiger charge is 2.13. The number of thiophene rings is 1. The topological polar surface area (TPSA) is 83.1 Å². The second-order valence-electron chi connectivity index (χ2n) is 5.72. The Morgan fingerprint density at radius 2 is 1.96 bits per heavy atom. The monoisotopic (exact) mass is 386 g/mol. The summed E-state index contributed by atoms with van der Waals surface area (Å²) in [6.45, 7) is 4.05. The van der Waals surface area contributed by atoms with Crippen LogP contribution in [0.15, 0.2) is 40.4 Å². The summed E-state index contributed by atoms with van der Waals surface area (Å²) in [5.41, 5.74) is 9.15. The van der Waals surface area contributed by atoms with Crippen LogP contribution in [0.5, 0.6) is 0 Å². The molecule has 2 aromatic heterocycles. The molecule has 0 unspecified atom stereocenters. The number of nitrogens with zero attached hydrogens (tertiary/aromatic N) is 1. The lowest BCUT2D eigenvalue weighted by molar-refractivity contribution is -0.120. The van der Waals surface area contributed by atoms with Gasteiger partial charge >= 0.3 is 0 Å². The first-order valence-electron chi connectivity index (χ1n) is 7.91. The van der Waals surface area contributed by atoms with Crippen molar-refractivity contribution in [2.45, 2.75) is 13.8 Å². The second-order valence-corrected chi connectivity index (χ2v) is 7.36. The SMILES string of the molecule is Cc1ccc(NCC(=O)NNC(=O)c2csc(-c3ccsc3)n2)c(C)c1. The molecule has 2 heterocycles. The number of rotatable bonds is 5. The van der Waals surface area contributed by atoms with Gasteiger partial charge in [-0.05, 0) is 36.9 Å². The van der Waals surface area contributed by atoms with Crippen molar-refractivity contribution < 1.29 is 9.59 Å². The number of hydrazine groups is 1. The van der Waals surface area contributed by atoms with Gasteiger partial charge in [0, 0.05) is 22.0 Å². The summed E-state index contributed by atoms with van der Waals surface area (Å²) in [6.07, 6.45) is 0. The Morgan fingerprint density at radius 1 is 1.12 bits per heavy atom. The van der Waals surface area contributed by atoms with E-state index < -0.39 is 5.91 Å². The summed E-state index contributed by atoms with van der Waals surface area (Å²) < 4.78 is 0. The minimum atomic E-state index is -0.442. The fraction of sp³-hybridized carbons (Fsp3) is 0.167. The fourth-order valence-corrected chi connectivity index (χ4v) is 3.83. The predicted octanol–water partition coefficient (Wildman–Crippen LogP) is 3.36. The zero-order valence-corrected chi connectivity index (χ0v) is 16.0. The molecule has 2 amide bonds. The van der Waals surface area contributed by atoms with Crippen LogP contribution in [0, 0.1) is 13.8 Å². The number of benzene rings is 1. The number of amides is 2. The molecule has 0 saturated carbocycles. The molecule has 134 valence electrons. The molecule has 8 heteroatoms. The highest BCUT2D eigenvalue weighted by atomic mass is 32.1. The molecule has 0 fully saturated rings. The van der Waals surface area contributed by atoms with E-state index >= 15 is 0 Å². The van der Waals surface area contributed by atoms with E-state index in [4.69, 9.17) is 0 Å². The summed E-state index contributed by atoms with van der Waals surface area (Å²) in [5.74, 6) is -0.783. The molecule has 3 aromatic rings. The van der Waals surface area contributed by atoms with Crippen LogP contribution in [0.2, 0.25) is 0 Å². The van der Waals surface area contributed by atoms with E-state index in [0.717, 1.165) is 27.4 Å². The third-order valence-corrected chi connectivity index (χ3v) is 5.22. The van der Waals surface area contributed by atoms with Crippen LogP contribution in [0.25, 0.3) is 10.6 Å². The molecule has 3 N–H and O–H groups in total. The van der Waals surface area contributed by atoms with Crippen LogP contribution >= 0.6 is 22.7 Å². The number of aryl methyl sites for hydroxylation is 2. The molecule has 0 bridgehead atoms. The quantitative estimate of drug-likeness (QED) is 0.587. The number of hydrogen-bond donors (Lipinski definition) is 3. The Balaban J connectivity index is 1.49. The standard InChI is InChI=1S/C18H18N4O2S2/c1-11-3-4-14(12(2)7-11)19-8-16(23)21-22-17(24)15-10-26-18(20-15)13-5-6-25-9-13/h3-7,9-10,19H,8H2,1-2H3,(H,21,23)(H,22,24). The first-order chi connectivity index (χ1) is 12.5. The average molecular weight is 387 g/mol. The van der Waals surface area contributed by atoms with Crippen LogP contribution in [-0.2, 0) is 4.79 Å². The fourth-order valence-electron chi connectivity index (χ4n) is 2.32. The Kier molecular flexibility index (Phi) is 5.65. The third-order valence-electron chi connectivity index (χ3n) is 3.64. The summed E-state index contributed by atoms with van der Waals surface area (Å²) in [4.78, 5) is 28.3. The third kappa shape index (κ3) is 4.47. The largest absolute Gasteiger partial charge is 0.376 e. The van der Waals surface area contributed by atoms with Crippen molar-refractivity contribution in [3.63, 3.8) is 0 Å². The van der Waals surface area contributed by atoms with E-state index in [2.05, 4.69) is 21.2 Å². The highest BCUT2D eigenvalue weighted by molar-refractivity contribution is 7.14. The molecule has 0 aliphatic carbocycles. The maximum Gasteiger partial charge on any atom is 0.289 e. The van der Waals surface area contributed by atoms with Crippen molar-refractivity contribution in [3.05, 3.63) is 57.2 Å². The lowest BCUT2D eigenvalue weighted by Crippen LogP contribution is -2.44. The summed E-state index contributed by atoms with van der Waals surface area (Å²) in [7, 11) is 0. The van der Waals surface area contributed by atoms with E-state index in [-0.39, 0.29) is 18.1 Å². The number of anilines is 1. The lowest BCUT2D eigenvalue weighted by Gasteiger charge is -2.10. The zero-order valence-electron chi connectivity index (χ0n) is 14.3. The number of hydrogen-bond acceptors (Lipinski definition) is 6. The van der Waals surface area contributed by atoms with E-state index in [1.807, 2.05) is 48.9 Å². The normalized spacial score (nSPS) is 10.4. The van der Waals surface area contributed by atoms with Crippen molar-refractivity contribution in [2.24, 2.45) is 0 Å². The number of nitrogens with one attached hydrogen (secondary N) is 3. The molecule has 26 heavy (non-hydrogen) atoms. The maximum atomic E-state index is 12.1. The Morgan fingerprint density at radius 3 is 2.69 bits per heavy atom. The molecule has 0 saturated heterocycles. The van der Waals surface area contributed by atoms with Crippen LogP contribution in [0.1, 0.15) is 21.6 Å². The number of thiazole rings is 1. The molecule has 0 radical (unpaired) electrons. The lowest BCUT2D eigenvalue weighted by atomic mass is 10.1. The number of carbonyl (C=O) groups is 2. The van der Waals surface area contributed by atoms with E-state index in [9.17, 15) is 9.59 Å². The summed E-state index contributed by atoms with van der Waals surface area (Å²) >= 11 is 2.96. The maximum absolute atomic E-state index is 12.1. The van der Waals surface area contributed by atoms with E-state index in [1.165, 1.54) is 11.3 Å². The highest BCUT2D eigenvalue weighted by Crippen LogP contribution is 2.25. The first-order valence-corrected chi connectivity index (χ1v) is 9.73. The Labute approximate surface area is 159 Å². The zero-order chi connectivity index (χ0) is 18.5. The van der Waals surface area contributed by atoms with Crippen molar-refractivity contribution in [2.75, 3.05) is 11.9 Å². The van der Waals surface area contributed by atoms with Crippen LogP contribution in [0.4, 0.5) is 5.69 Å². The van der Waals surface area contributed by atoms with Gasteiger partial charge in [0.2, 0.25) is 0 Å². The number of carbonyl (C=O) groups excluding carboxylic acids is 2. The van der Waals surface area contributed by atoms with Crippen LogP contribution in [-0.4, -0.2) is 23.3 Å². The molecule has 0 spiro atoms. The van der Waals surface area contributed by atoms with Gasteiger partial charge in [-0.2, -0.15) is 11.3 Å². The smallest absolute Gasteiger partial charge is 0.289 e. The Hall–Kier alpha value is -2.71. The molecule has 0 aliphatic rings. The van der Waals surface area contributed by atoms with Crippen molar-refractivity contribution in [1.29, 1.82) is 0 Å². The van der Waals surface area contributed by atoms with Gasteiger partial charge in [0.15, 0.2) is 0 Å². The molecule has 0 atom stereocenters. The summed E-state index contributed by atoms with van der Waals surface area (Å²) in [5, 5.41) is 9.43. The minimum absolute atomic E-state index is 0.0569. The number of aromatic nitrogens is 1. The van der Waals surface area contributed by atoms with E-state index in [0.29, 0.717) is 0 Å². The second kappa shape index (κ2) is 8.11. The van der Waals surface area contributed by atoms with Crippen molar-refractivity contribution >= 4 is 40.2 Å². The molecule has 1 aromatic carbocycles. The van der Waals surface area contributed by atoms with Gasteiger partial charge in [-0.3, -0.25) is 20.4 Å². The molecular formula is C18H18N4O2S2. The first kappa shape index (κ1) is 18.1. The van der Waals surface area contributed by atoms with Crippen molar-refractivity contribution in [3.8, 4) is 10.6 Å². The molecule has 6 nitrogen and oxygen atoms in total. The van der Waals surface area contributed by atoms with Crippen LogP contribution < -0.4 is 16.2 Å². The average Bonchev–Trinajstić information content (AvgIpc) is 3.29. The van der Waals surface area contributed by atoms with Gasteiger partial charge < -0.3 is 5.32 Å². The van der Waals surface area contributed by atoms with Crippen LogP contribution in [0.3, 0.4) is 0 Å². The van der Waals surface area contributed by atoms with Crippen molar-refractivity contribution in [1.82, 2.24) is 15.8 Å². The Bertz CT molecular complexity index is 919.